The van der Waals surface area contributed by atoms with E-state index >= 15 is 0 Å². The summed E-state index contributed by atoms with van der Waals surface area (Å²) < 4.78 is 5.24. The Bertz CT molecular complexity index is 436. The van der Waals surface area contributed by atoms with Crippen molar-refractivity contribution < 1.29 is 4.74 Å². The molecule has 3 nitrogen and oxygen atoms in total. The number of aryl methyl sites for hydroxylation is 2. The fraction of sp³-hybridized carbons (Fsp3) is 0.824. The molecule has 2 aliphatic carbocycles. The molecule has 0 saturated heterocycles. The molecular weight excluding hydrogens is 280 g/mol. The maximum absolute atomic E-state index is 5.24. The summed E-state index contributed by atoms with van der Waals surface area (Å²) in [5.74, 6) is 0.911. The summed E-state index contributed by atoms with van der Waals surface area (Å²) in [4.78, 5) is 6.58. The van der Waals surface area contributed by atoms with Crippen LogP contribution in [0.25, 0.3) is 0 Å². The van der Waals surface area contributed by atoms with Crippen molar-refractivity contribution in [1.82, 2.24) is 10.3 Å². The van der Waals surface area contributed by atoms with Gasteiger partial charge in [-0.3, -0.25) is 0 Å². The Morgan fingerprint density at radius 2 is 2.14 bits per heavy atom. The zero-order valence-electron chi connectivity index (χ0n) is 13.4. The average Bonchev–Trinajstić information content (AvgIpc) is 3.10. The fourth-order valence-corrected chi connectivity index (χ4v) is 5.21. The van der Waals surface area contributed by atoms with Gasteiger partial charge >= 0.3 is 0 Å². The fourth-order valence-electron chi connectivity index (χ4n) is 3.83. The van der Waals surface area contributed by atoms with Gasteiger partial charge in [-0.05, 0) is 50.9 Å². The lowest BCUT2D eigenvalue weighted by Crippen LogP contribution is -2.46. The minimum Gasteiger partial charge on any atom is -0.383 e. The number of fused-ring (bicyclic) bond motifs is 1. The van der Waals surface area contributed by atoms with E-state index in [0.29, 0.717) is 0 Å². The average molecular weight is 308 g/mol. The van der Waals surface area contributed by atoms with E-state index in [0.717, 1.165) is 19.1 Å². The molecule has 0 atom stereocenters. The minimum absolute atomic E-state index is 0.124. The number of hydrogen-bond donors (Lipinski definition) is 1. The number of thiazole rings is 1. The standard InChI is InChI=1S/C17H28N2OS/c1-3-13-7-9-17(10-8-13,18-11-12-20-2)16-19-14-5-4-6-15(14)21-16/h13,18H,3-12H2,1-2H3. The predicted molar refractivity (Wildman–Crippen MR) is 87.9 cm³/mol. The van der Waals surface area contributed by atoms with Crippen LogP contribution < -0.4 is 5.32 Å². The Morgan fingerprint density at radius 3 is 2.81 bits per heavy atom. The summed E-state index contributed by atoms with van der Waals surface area (Å²) in [5.41, 5.74) is 1.51. The molecule has 0 amide bonds. The molecule has 1 saturated carbocycles. The molecule has 1 N–H and O–H groups in total. The quantitative estimate of drug-likeness (QED) is 0.814. The topological polar surface area (TPSA) is 34.1 Å². The highest BCUT2D eigenvalue weighted by Gasteiger charge is 2.39. The van der Waals surface area contributed by atoms with E-state index in [-0.39, 0.29) is 5.54 Å². The molecule has 0 spiro atoms. The number of methoxy groups -OCH3 is 1. The van der Waals surface area contributed by atoms with E-state index in [1.807, 2.05) is 11.3 Å². The molecule has 0 bridgehead atoms. The molecule has 118 valence electrons. The summed E-state index contributed by atoms with van der Waals surface area (Å²) in [7, 11) is 1.78. The van der Waals surface area contributed by atoms with Gasteiger partial charge in [-0.1, -0.05) is 13.3 Å². The number of nitrogens with zero attached hydrogens (tertiary/aromatic N) is 1. The van der Waals surface area contributed by atoms with Gasteiger partial charge in [0, 0.05) is 18.5 Å². The molecule has 1 aromatic heterocycles. The summed E-state index contributed by atoms with van der Waals surface area (Å²) in [6, 6.07) is 0. The Balaban J connectivity index is 1.78. The molecule has 1 aromatic rings. The summed E-state index contributed by atoms with van der Waals surface area (Å²) >= 11 is 1.98. The highest BCUT2D eigenvalue weighted by Crippen LogP contribution is 2.43. The first-order valence-corrected chi connectivity index (χ1v) is 9.32. The number of rotatable bonds is 6. The third-order valence-corrected chi connectivity index (χ3v) is 6.67. The molecule has 0 aromatic carbocycles. The maximum Gasteiger partial charge on any atom is 0.113 e. The zero-order valence-corrected chi connectivity index (χ0v) is 14.2. The normalized spacial score (nSPS) is 28.8. The zero-order chi connectivity index (χ0) is 14.7. The van der Waals surface area contributed by atoms with Gasteiger partial charge in [0.1, 0.15) is 5.01 Å². The second kappa shape index (κ2) is 6.76. The van der Waals surface area contributed by atoms with Crippen LogP contribution in [0, 0.1) is 5.92 Å². The van der Waals surface area contributed by atoms with Crippen molar-refractivity contribution in [3.63, 3.8) is 0 Å². The number of aromatic nitrogens is 1. The molecule has 21 heavy (non-hydrogen) atoms. The van der Waals surface area contributed by atoms with Crippen molar-refractivity contribution in [3.05, 3.63) is 15.6 Å². The summed E-state index contributed by atoms with van der Waals surface area (Å²) in [6.07, 6.45) is 10.2. The Morgan fingerprint density at radius 1 is 1.33 bits per heavy atom. The first kappa shape index (κ1) is 15.4. The highest BCUT2D eigenvalue weighted by molar-refractivity contribution is 7.12. The van der Waals surface area contributed by atoms with E-state index in [4.69, 9.17) is 9.72 Å². The molecule has 4 heteroatoms. The largest absolute Gasteiger partial charge is 0.383 e. The predicted octanol–water partition coefficient (Wildman–Crippen LogP) is 3.66. The van der Waals surface area contributed by atoms with Crippen LogP contribution in [0.5, 0.6) is 0 Å². The van der Waals surface area contributed by atoms with Crippen LogP contribution in [0.3, 0.4) is 0 Å². The van der Waals surface area contributed by atoms with Crippen molar-refractivity contribution in [2.75, 3.05) is 20.3 Å². The van der Waals surface area contributed by atoms with E-state index in [1.165, 1.54) is 62.1 Å². The Labute approximate surface area is 132 Å². The van der Waals surface area contributed by atoms with Crippen LogP contribution in [0.15, 0.2) is 0 Å². The molecule has 3 rings (SSSR count). The second-order valence-corrected chi connectivity index (χ2v) is 7.68. The Hall–Kier alpha value is -0.450. The lowest BCUT2D eigenvalue weighted by atomic mass is 9.76. The van der Waals surface area contributed by atoms with Gasteiger partial charge in [0.15, 0.2) is 0 Å². The van der Waals surface area contributed by atoms with E-state index in [2.05, 4.69) is 12.2 Å². The molecule has 1 fully saturated rings. The lowest BCUT2D eigenvalue weighted by Gasteiger charge is -2.39. The van der Waals surface area contributed by atoms with Gasteiger partial charge in [-0.2, -0.15) is 0 Å². The summed E-state index contributed by atoms with van der Waals surface area (Å²) in [6.45, 7) is 4.04. The molecule has 0 unspecified atom stereocenters. The lowest BCUT2D eigenvalue weighted by molar-refractivity contribution is 0.149. The van der Waals surface area contributed by atoms with Gasteiger partial charge in [-0.25, -0.2) is 4.98 Å². The van der Waals surface area contributed by atoms with E-state index in [1.54, 1.807) is 12.0 Å². The first-order valence-electron chi connectivity index (χ1n) is 8.50. The van der Waals surface area contributed by atoms with Crippen LogP contribution in [-0.4, -0.2) is 25.2 Å². The van der Waals surface area contributed by atoms with E-state index in [9.17, 15) is 0 Å². The number of ether oxygens (including phenoxy) is 1. The van der Waals surface area contributed by atoms with Crippen molar-refractivity contribution in [2.24, 2.45) is 5.92 Å². The van der Waals surface area contributed by atoms with Crippen molar-refractivity contribution in [2.45, 2.75) is 63.8 Å². The van der Waals surface area contributed by atoms with Crippen molar-refractivity contribution in [1.29, 1.82) is 0 Å². The Kier molecular flexibility index (Phi) is 4.97. The van der Waals surface area contributed by atoms with Gasteiger partial charge in [-0.15, -0.1) is 11.3 Å². The maximum atomic E-state index is 5.24. The first-order chi connectivity index (χ1) is 10.3. The van der Waals surface area contributed by atoms with Gasteiger partial charge in [0.25, 0.3) is 0 Å². The molecular formula is C17H28N2OS. The van der Waals surface area contributed by atoms with Crippen LogP contribution in [0.1, 0.15) is 61.0 Å². The molecule has 0 aliphatic heterocycles. The SMILES string of the molecule is CCC1CCC(NCCOC)(c2nc3c(s2)CCC3)CC1. The second-order valence-electron chi connectivity index (χ2n) is 6.60. The van der Waals surface area contributed by atoms with Crippen molar-refractivity contribution in [3.8, 4) is 0 Å². The summed E-state index contributed by atoms with van der Waals surface area (Å²) in [5, 5.41) is 5.17. The third-order valence-electron chi connectivity index (χ3n) is 5.31. The molecule has 1 heterocycles. The van der Waals surface area contributed by atoms with Crippen LogP contribution in [0.4, 0.5) is 0 Å². The van der Waals surface area contributed by atoms with Crippen molar-refractivity contribution >= 4 is 11.3 Å². The number of nitrogens with one attached hydrogen (secondary N) is 1. The van der Waals surface area contributed by atoms with Crippen LogP contribution in [-0.2, 0) is 23.1 Å². The molecule has 0 radical (unpaired) electrons. The third kappa shape index (κ3) is 3.17. The smallest absolute Gasteiger partial charge is 0.113 e. The van der Waals surface area contributed by atoms with Gasteiger partial charge in [0.05, 0.1) is 17.8 Å². The monoisotopic (exact) mass is 308 g/mol. The minimum atomic E-state index is 0.124. The van der Waals surface area contributed by atoms with Gasteiger partial charge in [0.2, 0.25) is 0 Å². The van der Waals surface area contributed by atoms with E-state index < -0.39 is 0 Å². The van der Waals surface area contributed by atoms with Crippen LogP contribution in [0.2, 0.25) is 0 Å². The highest BCUT2D eigenvalue weighted by atomic mass is 32.1. The van der Waals surface area contributed by atoms with Gasteiger partial charge < -0.3 is 10.1 Å². The molecule has 2 aliphatic rings. The number of hydrogen-bond acceptors (Lipinski definition) is 4. The van der Waals surface area contributed by atoms with Crippen LogP contribution >= 0.6 is 11.3 Å².